The Kier molecular flexibility index (Phi) is 10.0. The van der Waals surface area contributed by atoms with E-state index in [2.05, 4.69) is 17.6 Å². The Bertz CT molecular complexity index is 246. The average Bonchev–Trinajstić information content (AvgIpc) is 2.32. The standard InChI is InChI=1S/C12H24N2O4/c1-3-5-7-18-8-6-13-12(17)14-10(4-2)9-11(15)16/h10H,3-9H2,1-2H3,(H,15,16)(H2,13,14,17). The van der Waals surface area contributed by atoms with Crippen LogP contribution in [0, 0.1) is 0 Å². The molecule has 106 valence electrons. The molecule has 0 aliphatic carbocycles. The fourth-order valence-corrected chi connectivity index (χ4v) is 1.33. The molecular weight excluding hydrogens is 236 g/mol. The van der Waals surface area contributed by atoms with Crippen LogP contribution in [0.5, 0.6) is 0 Å². The number of hydrogen-bond donors (Lipinski definition) is 3. The summed E-state index contributed by atoms with van der Waals surface area (Å²) in [6.45, 7) is 5.53. The molecule has 0 aliphatic heterocycles. The molecule has 6 heteroatoms. The van der Waals surface area contributed by atoms with Crippen molar-refractivity contribution < 1.29 is 19.4 Å². The molecule has 1 atom stereocenters. The van der Waals surface area contributed by atoms with E-state index in [0.717, 1.165) is 12.8 Å². The van der Waals surface area contributed by atoms with Crippen molar-refractivity contribution in [3.63, 3.8) is 0 Å². The molecule has 0 rings (SSSR count). The van der Waals surface area contributed by atoms with Gasteiger partial charge in [0.1, 0.15) is 0 Å². The minimum Gasteiger partial charge on any atom is -0.481 e. The highest BCUT2D eigenvalue weighted by Crippen LogP contribution is 1.96. The molecule has 0 heterocycles. The van der Waals surface area contributed by atoms with Crippen molar-refractivity contribution in [3.05, 3.63) is 0 Å². The fourth-order valence-electron chi connectivity index (χ4n) is 1.33. The second-order valence-electron chi connectivity index (χ2n) is 4.07. The van der Waals surface area contributed by atoms with Crippen LogP contribution in [0.1, 0.15) is 39.5 Å². The van der Waals surface area contributed by atoms with Crippen molar-refractivity contribution in [1.29, 1.82) is 0 Å². The highest BCUT2D eigenvalue weighted by atomic mass is 16.5. The van der Waals surface area contributed by atoms with Crippen molar-refractivity contribution in [2.45, 2.75) is 45.6 Å². The molecule has 1 unspecified atom stereocenters. The molecule has 0 aromatic rings. The minimum absolute atomic E-state index is 0.0586. The van der Waals surface area contributed by atoms with Crippen molar-refractivity contribution in [2.75, 3.05) is 19.8 Å². The molecule has 0 spiro atoms. The second kappa shape index (κ2) is 10.8. The molecule has 0 bridgehead atoms. The molecule has 0 aliphatic rings. The predicted molar refractivity (Wildman–Crippen MR) is 68.6 cm³/mol. The molecule has 18 heavy (non-hydrogen) atoms. The number of amides is 2. The number of rotatable bonds is 10. The number of carbonyl (C=O) groups is 2. The van der Waals surface area contributed by atoms with Crippen LogP contribution in [-0.2, 0) is 9.53 Å². The van der Waals surface area contributed by atoms with E-state index in [0.29, 0.717) is 26.2 Å². The Morgan fingerprint density at radius 3 is 2.56 bits per heavy atom. The van der Waals surface area contributed by atoms with E-state index in [1.165, 1.54) is 0 Å². The zero-order chi connectivity index (χ0) is 13.8. The molecule has 0 saturated heterocycles. The topological polar surface area (TPSA) is 87.7 Å². The van der Waals surface area contributed by atoms with Gasteiger partial charge in [0.25, 0.3) is 0 Å². The van der Waals surface area contributed by atoms with Gasteiger partial charge in [-0.25, -0.2) is 4.79 Å². The van der Waals surface area contributed by atoms with Crippen LogP contribution in [-0.4, -0.2) is 42.9 Å². The summed E-state index contributed by atoms with van der Waals surface area (Å²) in [6, 6.07) is -0.675. The number of hydrogen-bond acceptors (Lipinski definition) is 3. The SMILES string of the molecule is CCCCOCCNC(=O)NC(CC)CC(=O)O. The van der Waals surface area contributed by atoms with Crippen molar-refractivity contribution in [2.24, 2.45) is 0 Å². The number of ether oxygens (including phenoxy) is 1. The number of aliphatic carboxylic acids is 1. The third-order valence-electron chi connectivity index (χ3n) is 2.42. The van der Waals surface area contributed by atoms with Gasteiger partial charge in [-0.3, -0.25) is 4.79 Å². The predicted octanol–water partition coefficient (Wildman–Crippen LogP) is 1.36. The van der Waals surface area contributed by atoms with Gasteiger partial charge < -0.3 is 20.5 Å². The first-order valence-electron chi connectivity index (χ1n) is 6.44. The van der Waals surface area contributed by atoms with Gasteiger partial charge in [-0.15, -0.1) is 0 Å². The summed E-state index contributed by atoms with van der Waals surface area (Å²) in [5.41, 5.74) is 0. The zero-order valence-corrected chi connectivity index (χ0v) is 11.2. The van der Waals surface area contributed by atoms with Crippen LogP contribution in [0.15, 0.2) is 0 Å². The monoisotopic (exact) mass is 260 g/mol. The van der Waals surface area contributed by atoms with Gasteiger partial charge in [-0.2, -0.15) is 0 Å². The van der Waals surface area contributed by atoms with Crippen LogP contribution < -0.4 is 10.6 Å². The first kappa shape index (κ1) is 16.7. The van der Waals surface area contributed by atoms with E-state index >= 15 is 0 Å². The molecule has 0 saturated carbocycles. The summed E-state index contributed by atoms with van der Waals surface area (Å²) in [5.74, 6) is -0.912. The fraction of sp³-hybridized carbons (Fsp3) is 0.833. The van der Waals surface area contributed by atoms with Gasteiger partial charge in [0.05, 0.1) is 13.0 Å². The Labute approximate surface area is 108 Å². The highest BCUT2D eigenvalue weighted by molar-refractivity contribution is 5.75. The Morgan fingerprint density at radius 2 is 2.00 bits per heavy atom. The summed E-state index contributed by atoms with van der Waals surface area (Å²) < 4.78 is 5.28. The van der Waals surface area contributed by atoms with E-state index in [-0.39, 0.29) is 18.5 Å². The van der Waals surface area contributed by atoms with Crippen molar-refractivity contribution in [3.8, 4) is 0 Å². The van der Waals surface area contributed by atoms with Gasteiger partial charge >= 0.3 is 12.0 Å². The van der Waals surface area contributed by atoms with Crippen LogP contribution in [0.3, 0.4) is 0 Å². The molecular formula is C12H24N2O4. The van der Waals surface area contributed by atoms with E-state index in [1.54, 1.807) is 0 Å². The number of carboxylic acid groups (broad SMARTS) is 1. The highest BCUT2D eigenvalue weighted by Gasteiger charge is 2.13. The maximum absolute atomic E-state index is 11.4. The van der Waals surface area contributed by atoms with Crippen molar-refractivity contribution >= 4 is 12.0 Å². The minimum atomic E-state index is -0.912. The van der Waals surface area contributed by atoms with E-state index in [1.807, 2.05) is 6.92 Å². The number of carboxylic acids is 1. The Hall–Kier alpha value is -1.30. The van der Waals surface area contributed by atoms with Gasteiger partial charge in [0.2, 0.25) is 0 Å². The third kappa shape index (κ3) is 9.89. The molecule has 0 aromatic carbocycles. The first-order valence-corrected chi connectivity index (χ1v) is 6.44. The quantitative estimate of drug-likeness (QED) is 0.517. The maximum atomic E-state index is 11.4. The van der Waals surface area contributed by atoms with E-state index in [4.69, 9.17) is 9.84 Å². The van der Waals surface area contributed by atoms with Gasteiger partial charge in [-0.05, 0) is 12.8 Å². The van der Waals surface area contributed by atoms with Crippen LogP contribution in [0.2, 0.25) is 0 Å². The van der Waals surface area contributed by atoms with Gasteiger partial charge in [0.15, 0.2) is 0 Å². The maximum Gasteiger partial charge on any atom is 0.315 e. The lowest BCUT2D eigenvalue weighted by atomic mass is 10.1. The third-order valence-corrected chi connectivity index (χ3v) is 2.42. The molecule has 3 N–H and O–H groups in total. The first-order chi connectivity index (χ1) is 8.60. The second-order valence-corrected chi connectivity index (χ2v) is 4.07. The molecule has 0 aromatic heterocycles. The zero-order valence-electron chi connectivity index (χ0n) is 11.2. The van der Waals surface area contributed by atoms with Gasteiger partial charge in [-0.1, -0.05) is 20.3 Å². The lowest BCUT2D eigenvalue weighted by molar-refractivity contribution is -0.137. The lowest BCUT2D eigenvalue weighted by Gasteiger charge is -2.15. The summed E-state index contributed by atoms with van der Waals surface area (Å²) >= 11 is 0. The summed E-state index contributed by atoms with van der Waals surface area (Å²) in [4.78, 5) is 21.9. The van der Waals surface area contributed by atoms with Gasteiger partial charge in [0, 0.05) is 19.2 Å². The molecule has 2 amide bonds. The van der Waals surface area contributed by atoms with Crippen molar-refractivity contribution in [1.82, 2.24) is 10.6 Å². The molecule has 0 fully saturated rings. The van der Waals surface area contributed by atoms with E-state index in [9.17, 15) is 9.59 Å². The normalized spacial score (nSPS) is 11.9. The largest absolute Gasteiger partial charge is 0.481 e. The summed E-state index contributed by atoms with van der Waals surface area (Å²) in [6.07, 6.45) is 2.63. The number of nitrogens with one attached hydrogen (secondary N) is 2. The number of urea groups is 1. The van der Waals surface area contributed by atoms with Crippen LogP contribution in [0.25, 0.3) is 0 Å². The average molecular weight is 260 g/mol. The molecule has 6 nitrogen and oxygen atoms in total. The van der Waals surface area contributed by atoms with Crippen LogP contribution >= 0.6 is 0 Å². The molecule has 0 radical (unpaired) electrons. The Balaban J connectivity index is 3.59. The number of unbranched alkanes of at least 4 members (excludes halogenated alkanes) is 1. The summed E-state index contributed by atoms with van der Waals surface area (Å²) in [5, 5.41) is 13.9. The smallest absolute Gasteiger partial charge is 0.315 e. The van der Waals surface area contributed by atoms with E-state index < -0.39 is 5.97 Å². The lowest BCUT2D eigenvalue weighted by Crippen LogP contribution is -2.43. The van der Waals surface area contributed by atoms with Crippen LogP contribution in [0.4, 0.5) is 4.79 Å². The number of carbonyl (C=O) groups excluding carboxylic acids is 1. The summed E-state index contributed by atoms with van der Waals surface area (Å²) in [7, 11) is 0. The Morgan fingerprint density at radius 1 is 1.28 bits per heavy atom.